The van der Waals surface area contributed by atoms with Gasteiger partial charge in [-0.2, -0.15) is 0 Å². The number of hydrogen-bond acceptors (Lipinski definition) is 2. The van der Waals surface area contributed by atoms with Crippen LogP contribution < -0.4 is 0 Å². The first kappa shape index (κ1) is 15.2. The Balaban J connectivity index is 2.03. The van der Waals surface area contributed by atoms with Gasteiger partial charge >= 0.3 is 0 Å². The van der Waals surface area contributed by atoms with E-state index in [4.69, 9.17) is 4.74 Å². The monoisotopic (exact) mass is 365 g/mol. The third-order valence-electron chi connectivity index (χ3n) is 3.73. The van der Waals surface area contributed by atoms with E-state index < -0.39 is 11.6 Å². The molecule has 0 saturated carbocycles. The van der Waals surface area contributed by atoms with Gasteiger partial charge in [0.05, 0.1) is 0 Å². The number of benzene rings is 2. The zero-order valence-electron chi connectivity index (χ0n) is 12.1. The zero-order chi connectivity index (χ0) is 15.9. The number of aryl methyl sites for hydroxylation is 1. The van der Waals surface area contributed by atoms with Crippen LogP contribution in [0.25, 0.3) is 0 Å². The molecule has 0 aromatic heterocycles. The van der Waals surface area contributed by atoms with Gasteiger partial charge in [-0.3, -0.25) is 0 Å². The summed E-state index contributed by atoms with van der Waals surface area (Å²) in [5, 5.41) is 0. The molecule has 2 nitrogen and oxygen atoms in total. The highest BCUT2D eigenvalue weighted by Gasteiger charge is 2.32. The molecule has 0 aliphatic carbocycles. The molecule has 2 atom stereocenters. The van der Waals surface area contributed by atoms with Crippen LogP contribution in [0.2, 0.25) is 0 Å². The number of aliphatic imine (C=N–C) groups is 1. The maximum Gasteiger partial charge on any atom is 0.223 e. The Labute approximate surface area is 136 Å². The molecule has 0 spiro atoms. The maximum atomic E-state index is 13.9. The van der Waals surface area contributed by atoms with Crippen LogP contribution in [0.1, 0.15) is 29.7 Å². The van der Waals surface area contributed by atoms with Gasteiger partial charge in [-0.1, -0.05) is 28.1 Å². The summed E-state index contributed by atoms with van der Waals surface area (Å²) in [4.78, 5) is 4.42. The summed E-state index contributed by atoms with van der Waals surface area (Å²) in [6.07, 6.45) is -0.283. The van der Waals surface area contributed by atoms with Gasteiger partial charge in [-0.25, -0.2) is 13.8 Å². The summed E-state index contributed by atoms with van der Waals surface area (Å²) in [6.45, 7) is 3.82. The fourth-order valence-corrected chi connectivity index (χ4v) is 3.10. The average Bonchev–Trinajstić information content (AvgIpc) is 2.80. The van der Waals surface area contributed by atoms with Gasteiger partial charge in [0, 0.05) is 4.47 Å². The van der Waals surface area contributed by atoms with Crippen LogP contribution in [-0.4, -0.2) is 12.0 Å². The molecule has 1 aliphatic rings. The predicted molar refractivity (Wildman–Crippen MR) is 85.1 cm³/mol. The van der Waals surface area contributed by atoms with E-state index in [1.165, 1.54) is 18.2 Å². The maximum absolute atomic E-state index is 13.9. The van der Waals surface area contributed by atoms with Crippen molar-refractivity contribution in [2.75, 3.05) is 0 Å². The van der Waals surface area contributed by atoms with Gasteiger partial charge in [0.1, 0.15) is 29.3 Å². The first-order valence-corrected chi connectivity index (χ1v) is 7.71. The largest absolute Gasteiger partial charge is 0.472 e. The fourth-order valence-electron chi connectivity index (χ4n) is 2.62. The second-order valence-corrected chi connectivity index (χ2v) is 6.22. The van der Waals surface area contributed by atoms with Crippen LogP contribution in [0.5, 0.6) is 0 Å². The van der Waals surface area contributed by atoms with Crippen molar-refractivity contribution < 1.29 is 13.5 Å². The van der Waals surface area contributed by atoms with E-state index in [1.54, 1.807) is 0 Å². The normalized spacial score (nSPS) is 20.7. The molecule has 2 aromatic carbocycles. The van der Waals surface area contributed by atoms with E-state index in [9.17, 15) is 8.78 Å². The molecular formula is C17H14BrF2NO. The Morgan fingerprint density at radius 2 is 1.82 bits per heavy atom. The zero-order valence-corrected chi connectivity index (χ0v) is 13.7. The number of ether oxygens (including phenoxy) is 1. The van der Waals surface area contributed by atoms with E-state index in [1.807, 2.05) is 32.0 Å². The highest BCUT2D eigenvalue weighted by molar-refractivity contribution is 9.10. The first-order chi connectivity index (χ1) is 10.5. The van der Waals surface area contributed by atoms with Gasteiger partial charge in [-0.05, 0) is 49.2 Å². The van der Waals surface area contributed by atoms with Gasteiger partial charge in [-0.15, -0.1) is 0 Å². The Morgan fingerprint density at radius 3 is 2.45 bits per heavy atom. The first-order valence-electron chi connectivity index (χ1n) is 6.92. The van der Waals surface area contributed by atoms with E-state index in [0.717, 1.165) is 15.6 Å². The Bertz CT molecular complexity index is 740. The molecule has 0 N–H and O–H groups in total. The van der Waals surface area contributed by atoms with Crippen molar-refractivity contribution in [1.82, 2.24) is 0 Å². The van der Waals surface area contributed by atoms with Crippen LogP contribution in [0.3, 0.4) is 0 Å². The molecule has 114 valence electrons. The lowest BCUT2D eigenvalue weighted by molar-refractivity contribution is 0.212. The smallest absolute Gasteiger partial charge is 0.223 e. The summed E-state index contributed by atoms with van der Waals surface area (Å²) in [5.41, 5.74) is 1.84. The third kappa shape index (κ3) is 2.65. The molecule has 0 fully saturated rings. The quantitative estimate of drug-likeness (QED) is 0.738. The summed E-state index contributed by atoms with van der Waals surface area (Å²) in [6, 6.07) is 9.31. The Morgan fingerprint density at radius 1 is 1.14 bits per heavy atom. The lowest BCUT2D eigenvalue weighted by atomic mass is 9.99. The molecule has 0 saturated heterocycles. The molecule has 1 aliphatic heterocycles. The van der Waals surface area contributed by atoms with Crippen molar-refractivity contribution in [1.29, 1.82) is 0 Å². The topological polar surface area (TPSA) is 21.6 Å². The fraction of sp³-hybridized carbons (Fsp3) is 0.235. The Kier molecular flexibility index (Phi) is 4.00. The molecule has 1 heterocycles. The second-order valence-electron chi connectivity index (χ2n) is 5.30. The van der Waals surface area contributed by atoms with Gasteiger partial charge in [0.15, 0.2) is 0 Å². The lowest BCUT2D eigenvalue weighted by Gasteiger charge is -2.15. The highest BCUT2D eigenvalue weighted by atomic mass is 79.9. The van der Waals surface area contributed by atoms with E-state index in [0.29, 0.717) is 0 Å². The van der Waals surface area contributed by atoms with Crippen LogP contribution in [0.15, 0.2) is 45.9 Å². The van der Waals surface area contributed by atoms with Crippen LogP contribution in [0, 0.1) is 18.6 Å². The summed E-state index contributed by atoms with van der Waals surface area (Å²) in [5.74, 6) is -1.31. The molecular weight excluding hydrogens is 352 g/mol. The van der Waals surface area contributed by atoms with E-state index >= 15 is 0 Å². The molecule has 0 bridgehead atoms. The molecule has 2 aromatic rings. The lowest BCUT2D eigenvalue weighted by Crippen LogP contribution is -2.14. The third-order valence-corrected chi connectivity index (χ3v) is 4.22. The van der Waals surface area contributed by atoms with E-state index in [2.05, 4.69) is 20.9 Å². The van der Waals surface area contributed by atoms with Gasteiger partial charge in [0.2, 0.25) is 5.90 Å². The minimum Gasteiger partial charge on any atom is -0.472 e. The summed E-state index contributed by atoms with van der Waals surface area (Å²) >= 11 is 3.42. The van der Waals surface area contributed by atoms with Crippen molar-refractivity contribution in [2.24, 2.45) is 4.99 Å². The van der Waals surface area contributed by atoms with Crippen molar-refractivity contribution in [3.8, 4) is 0 Å². The number of hydrogen-bond donors (Lipinski definition) is 0. The molecule has 0 unspecified atom stereocenters. The van der Waals surface area contributed by atoms with Crippen molar-refractivity contribution >= 4 is 21.8 Å². The number of nitrogens with zero attached hydrogens (tertiary/aromatic N) is 1. The molecule has 3 rings (SSSR count). The average molecular weight is 366 g/mol. The molecule has 0 amide bonds. The molecule has 22 heavy (non-hydrogen) atoms. The highest BCUT2D eigenvalue weighted by Crippen LogP contribution is 2.34. The molecule has 0 radical (unpaired) electrons. The second kappa shape index (κ2) is 5.80. The number of rotatable bonds is 2. The Hall–Kier alpha value is -1.75. The van der Waals surface area contributed by atoms with Crippen LogP contribution in [0.4, 0.5) is 8.78 Å². The van der Waals surface area contributed by atoms with E-state index in [-0.39, 0.29) is 23.6 Å². The predicted octanol–water partition coefficient (Wildman–Crippen LogP) is 4.94. The minimum atomic E-state index is -0.667. The van der Waals surface area contributed by atoms with Crippen molar-refractivity contribution in [3.05, 3.63) is 69.2 Å². The van der Waals surface area contributed by atoms with Gasteiger partial charge in [0.25, 0.3) is 0 Å². The summed E-state index contributed by atoms with van der Waals surface area (Å²) in [7, 11) is 0. The molecule has 5 heteroatoms. The van der Waals surface area contributed by atoms with Gasteiger partial charge < -0.3 is 4.74 Å². The van der Waals surface area contributed by atoms with Crippen molar-refractivity contribution in [3.63, 3.8) is 0 Å². The SMILES string of the molecule is Cc1cc(Br)ccc1[C@@H]1N=C(c2c(F)cccc2F)O[C@H]1C. The minimum absolute atomic E-state index is 0.0235. The summed E-state index contributed by atoms with van der Waals surface area (Å²) < 4.78 is 34.4. The van der Waals surface area contributed by atoms with Crippen molar-refractivity contribution in [2.45, 2.75) is 26.0 Å². The van der Waals surface area contributed by atoms with Crippen LogP contribution >= 0.6 is 15.9 Å². The standard InChI is InChI=1S/C17H14BrF2NO/c1-9-8-11(18)6-7-12(9)16-10(2)22-17(21-16)15-13(19)4-3-5-14(15)20/h3-8,10,16H,1-2H3/t10-,16+/m0/s1. The number of halogens is 3. The van der Waals surface area contributed by atoms with Crippen LogP contribution in [-0.2, 0) is 4.74 Å².